The Bertz CT molecular complexity index is 1150. The highest BCUT2D eigenvalue weighted by molar-refractivity contribution is 7.71. The van der Waals surface area contributed by atoms with Crippen LogP contribution < -0.4 is 4.90 Å². The van der Waals surface area contributed by atoms with E-state index in [1.54, 1.807) is 24.5 Å². The van der Waals surface area contributed by atoms with Crippen molar-refractivity contribution < 1.29 is 9.29 Å². The van der Waals surface area contributed by atoms with Gasteiger partial charge in [-0.05, 0) is 48.6 Å². The van der Waals surface area contributed by atoms with Crippen molar-refractivity contribution in [1.29, 1.82) is 0 Å². The van der Waals surface area contributed by atoms with Crippen molar-refractivity contribution in [2.45, 2.75) is 13.2 Å². The third-order valence-corrected chi connectivity index (χ3v) is 4.98. The molecule has 7 heteroatoms. The zero-order valence-electron chi connectivity index (χ0n) is 16.0. The molecule has 0 aliphatic rings. The molecule has 1 unspecified atom stereocenters. The van der Waals surface area contributed by atoms with Crippen molar-refractivity contribution >= 4 is 12.2 Å². The molecule has 2 aromatic carbocycles. The summed E-state index contributed by atoms with van der Waals surface area (Å²) in [6.07, 6.45) is 3.52. The summed E-state index contributed by atoms with van der Waals surface area (Å²) in [4.78, 5) is 5.36. The van der Waals surface area contributed by atoms with Gasteiger partial charge in [-0.2, -0.15) is 4.68 Å². The second kappa shape index (κ2) is 8.46. The van der Waals surface area contributed by atoms with Crippen molar-refractivity contribution in [2.24, 2.45) is 0 Å². The van der Waals surface area contributed by atoms with E-state index in [0.29, 0.717) is 18.0 Å². The van der Waals surface area contributed by atoms with E-state index in [0.717, 1.165) is 27.5 Å². The van der Waals surface area contributed by atoms with Gasteiger partial charge in [0.2, 0.25) is 4.77 Å². The van der Waals surface area contributed by atoms with E-state index >= 15 is 0 Å². The number of pyridine rings is 1. The number of quaternary nitrogens is 1. The average Bonchev–Trinajstić information content (AvgIpc) is 3.05. The Kier molecular flexibility index (Phi) is 5.59. The van der Waals surface area contributed by atoms with Gasteiger partial charge in [0.25, 0.3) is 0 Å². The molecule has 0 radical (unpaired) electrons. The van der Waals surface area contributed by atoms with E-state index in [9.17, 15) is 4.39 Å². The molecule has 0 aliphatic heterocycles. The fraction of sp³-hybridized carbons (Fsp3) is 0.136. The van der Waals surface area contributed by atoms with Gasteiger partial charge in [-0.1, -0.05) is 30.3 Å². The van der Waals surface area contributed by atoms with Crippen LogP contribution in [0.15, 0.2) is 79.1 Å². The maximum Gasteiger partial charge on any atom is 0.207 e. The van der Waals surface area contributed by atoms with Crippen LogP contribution in [-0.2, 0) is 13.2 Å². The van der Waals surface area contributed by atoms with E-state index in [1.807, 2.05) is 64.8 Å². The minimum Gasteiger partial charge on any atom is -0.315 e. The number of nitrogens with zero attached hydrogens (tertiary/aromatic N) is 4. The number of hydrogen-bond donors (Lipinski definition) is 1. The Morgan fingerprint density at radius 1 is 1.03 bits per heavy atom. The van der Waals surface area contributed by atoms with Crippen LogP contribution in [-0.4, -0.2) is 26.4 Å². The minimum atomic E-state index is -0.223. The van der Waals surface area contributed by atoms with Crippen LogP contribution in [0.5, 0.6) is 0 Å². The Morgan fingerprint density at radius 2 is 1.86 bits per heavy atom. The molecule has 29 heavy (non-hydrogen) atoms. The summed E-state index contributed by atoms with van der Waals surface area (Å²) < 4.78 is 17.9. The zero-order valence-corrected chi connectivity index (χ0v) is 16.8. The first-order chi connectivity index (χ1) is 14.1. The summed E-state index contributed by atoms with van der Waals surface area (Å²) >= 11 is 5.77. The summed E-state index contributed by atoms with van der Waals surface area (Å²) in [7, 11) is 2.04. The fourth-order valence-corrected chi connectivity index (χ4v) is 3.61. The normalized spacial score (nSPS) is 12.1. The van der Waals surface area contributed by atoms with Gasteiger partial charge in [-0.25, -0.2) is 4.39 Å². The number of aromatic nitrogens is 4. The first-order valence-corrected chi connectivity index (χ1v) is 9.74. The highest BCUT2D eigenvalue weighted by atomic mass is 32.1. The standard InChI is InChI=1S/C22H20FN5S/c1-26(15-17-7-5-9-19(23)13-17)16-27-22(29)28(20-10-3-2-4-11-20)21(25-27)18-8-6-12-24-14-18/h2-14H,15-16H2,1H3/p+1. The molecule has 2 heterocycles. The van der Waals surface area contributed by atoms with Gasteiger partial charge in [0.05, 0.1) is 7.05 Å². The van der Waals surface area contributed by atoms with Crippen molar-refractivity contribution in [1.82, 2.24) is 19.3 Å². The van der Waals surface area contributed by atoms with Crippen molar-refractivity contribution in [3.05, 3.63) is 95.3 Å². The molecule has 146 valence electrons. The van der Waals surface area contributed by atoms with Crippen molar-refractivity contribution in [2.75, 3.05) is 7.05 Å². The Balaban J connectivity index is 1.69. The van der Waals surface area contributed by atoms with Crippen LogP contribution in [0.1, 0.15) is 5.56 Å². The third-order valence-electron chi connectivity index (χ3n) is 4.59. The second-order valence-electron chi connectivity index (χ2n) is 6.94. The SMILES string of the molecule is C[NH+](Cc1cccc(F)c1)Cn1nc(-c2cccnc2)n(-c2ccccc2)c1=S. The van der Waals surface area contributed by atoms with Gasteiger partial charge in [-0.3, -0.25) is 9.55 Å². The molecular weight excluding hydrogens is 385 g/mol. The zero-order chi connectivity index (χ0) is 20.2. The summed E-state index contributed by atoms with van der Waals surface area (Å²) in [5.41, 5.74) is 2.78. The second-order valence-corrected chi connectivity index (χ2v) is 7.31. The van der Waals surface area contributed by atoms with Crippen LogP contribution in [0, 0.1) is 10.6 Å². The predicted octanol–water partition coefficient (Wildman–Crippen LogP) is 3.28. The molecule has 0 saturated carbocycles. The Labute approximate surface area is 173 Å². The number of benzene rings is 2. The summed E-state index contributed by atoms with van der Waals surface area (Å²) in [5, 5.41) is 4.80. The van der Waals surface area contributed by atoms with Crippen molar-refractivity contribution in [3.63, 3.8) is 0 Å². The van der Waals surface area contributed by atoms with Gasteiger partial charge in [0.15, 0.2) is 12.5 Å². The number of para-hydroxylation sites is 1. The van der Waals surface area contributed by atoms with Gasteiger partial charge in [-0.15, -0.1) is 5.10 Å². The fourth-order valence-electron chi connectivity index (χ4n) is 3.31. The number of halogens is 1. The lowest BCUT2D eigenvalue weighted by molar-refractivity contribution is -0.917. The minimum absolute atomic E-state index is 0.223. The predicted molar refractivity (Wildman–Crippen MR) is 113 cm³/mol. The van der Waals surface area contributed by atoms with Gasteiger partial charge in [0, 0.05) is 29.2 Å². The quantitative estimate of drug-likeness (QED) is 0.500. The van der Waals surface area contributed by atoms with Gasteiger partial charge >= 0.3 is 0 Å². The molecule has 1 N–H and O–H groups in total. The van der Waals surface area contributed by atoms with E-state index in [2.05, 4.69) is 4.98 Å². The van der Waals surface area contributed by atoms with Crippen LogP contribution in [0.25, 0.3) is 17.1 Å². The Morgan fingerprint density at radius 3 is 2.59 bits per heavy atom. The van der Waals surface area contributed by atoms with E-state index in [4.69, 9.17) is 17.3 Å². The number of nitrogens with one attached hydrogen (secondary N) is 1. The van der Waals surface area contributed by atoms with Gasteiger partial charge in [0.1, 0.15) is 12.4 Å². The van der Waals surface area contributed by atoms with E-state index in [1.165, 1.54) is 6.07 Å². The molecule has 4 rings (SSSR count). The molecule has 0 saturated heterocycles. The topological polar surface area (TPSA) is 40.1 Å². The molecule has 0 fully saturated rings. The molecule has 5 nitrogen and oxygen atoms in total. The van der Waals surface area contributed by atoms with E-state index < -0.39 is 0 Å². The van der Waals surface area contributed by atoms with Crippen LogP contribution in [0.2, 0.25) is 0 Å². The van der Waals surface area contributed by atoms with Crippen LogP contribution in [0.3, 0.4) is 0 Å². The number of hydrogen-bond acceptors (Lipinski definition) is 3. The largest absolute Gasteiger partial charge is 0.315 e. The first-order valence-electron chi connectivity index (χ1n) is 9.33. The highest BCUT2D eigenvalue weighted by Crippen LogP contribution is 2.21. The highest BCUT2D eigenvalue weighted by Gasteiger charge is 2.17. The average molecular weight is 407 g/mol. The molecule has 0 amide bonds. The third kappa shape index (κ3) is 4.31. The summed E-state index contributed by atoms with van der Waals surface area (Å²) in [6.45, 7) is 1.22. The molecule has 0 aliphatic carbocycles. The lowest BCUT2D eigenvalue weighted by Crippen LogP contribution is -3.07. The smallest absolute Gasteiger partial charge is 0.207 e. The number of rotatable bonds is 6. The van der Waals surface area contributed by atoms with Gasteiger partial charge < -0.3 is 4.90 Å². The summed E-state index contributed by atoms with van der Waals surface area (Å²) in [5.74, 6) is 0.520. The Hall–Kier alpha value is -3.16. The monoisotopic (exact) mass is 406 g/mol. The molecule has 4 aromatic rings. The molecule has 2 aromatic heterocycles. The molecule has 1 atom stereocenters. The maximum absolute atomic E-state index is 13.5. The lowest BCUT2D eigenvalue weighted by Gasteiger charge is -2.13. The van der Waals surface area contributed by atoms with Crippen LogP contribution >= 0.6 is 12.2 Å². The maximum atomic E-state index is 13.5. The van der Waals surface area contributed by atoms with Crippen molar-refractivity contribution in [3.8, 4) is 17.1 Å². The molecular formula is C22H21FN5S+. The molecule has 0 bridgehead atoms. The first kappa shape index (κ1) is 19.2. The lowest BCUT2D eigenvalue weighted by atomic mass is 10.2. The summed E-state index contributed by atoms with van der Waals surface area (Å²) in [6, 6.07) is 20.5. The van der Waals surface area contributed by atoms with E-state index in [-0.39, 0.29) is 5.82 Å². The molecule has 0 spiro atoms. The van der Waals surface area contributed by atoms with Crippen LogP contribution in [0.4, 0.5) is 4.39 Å².